The normalized spacial score (nSPS) is 31.6. The van der Waals surface area contributed by atoms with Gasteiger partial charge in [0.15, 0.2) is 0 Å². The van der Waals surface area contributed by atoms with Crippen molar-refractivity contribution in [1.29, 1.82) is 0 Å². The number of aliphatic hydroxyl groups is 1. The Kier molecular flexibility index (Phi) is 4.66. The van der Waals surface area contributed by atoms with E-state index < -0.39 is 0 Å². The van der Waals surface area contributed by atoms with Crippen molar-refractivity contribution in [3.05, 3.63) is 0 Å². The lowest BCUT2D eigenvalue weighted by molar-refractivity contribution is 0.0142. The molecule has 13 heavy (non-hydrogen) atoms. The van der Waals surface area contributed by atoms with Crippen molar-refractivity contribution in [2.45, 2.75) is 57.4 Å². The van der Waals surface area contributed by atoms with Gasteiger partial charge in [-0.25, -0.2) is 5.90 Å². The first-order valence-electron chi connectivity index (χ1n) is 5.06. The Labute approximate surface area is 79.4 Å². The van der Waals surface area contributed by atoms with Crippen LogP contribution >= 0.6 is 0 Å². The molecule has 4 nitrogen and oxygen atoms in total. The van der Waals surface area contributed by atoms with Crippen molar-refractivity contribution in [1.82, 2.24) is 5.32 Å². The Morgan fingerprint density at radius 1 is 1.46 bits per heavy atom. The van der Waals surface area contributed by atoms with E-state index in [0.29, 0.717) is 6.04 Å². The summed E-state index contributed by atoms with van der Waals surface area (Å²) >= 11 is 0. The number of aliphatic hydroxyl groups excluding tert-OH is 1. The Balaban J connectivity index is 2.17. The standard InChI is InChI=1S/C9H20N2O2/c1-2-9(12)11-7-3-5-8(13-10)6-4-7/h7-9,11-12H,2-6,10H2,1H3. The molecule has 1 atom stereocenters. The van der Waals surface area contributed by atoms with E-state index in [1.54, 1.807) is 0 Å². The maximum Gasteiger partial charge on any atom is 0.104 e. The first-order chi connectivity index (χ1) is 6.26. The van der Waals surface area contributed by atoms with Gasteiger partial charge in [0.05, 0.1) is 6.10 Å². The molecule has 1 rings (SSSR count). The summed E-state index contributed by atoms with van der Waals surface area (Å²) in [5.74, 6) is 5.11. The number of nitrogens with two attached hydrogens (primary N) is 1. The van der Waals surface area contributed by atoms with Crippen LogP contribution in [0.1, 0.15) is 39.0 Å². The van der Waals surface area contributed by atoms with Crippen molar-refractivity contribution in [3.63, 3.8) is 0 Å². The fraction of sp³-hybridized carbons (Fsp3) is 1.00. The molecule has 4 heteroatoms. The number of nitrogens with one attached hydrogen (secondary N) is 1. The minimum Gasteiger partial charge on any atom is -0.379 e. The highest BCUT2D eigenvalue weighted by atomic mass is 16.6. The van der Waals surface area contributed by atoms with E-state index in [1.165, 1.54) is 0 Å². The summed E-state index contributed by atoms with van der Waals surface area (Å²) in [5, 5.41) is 12.5. The molecule has 0 aromatic heterocycles. The van der Waals surface area contributed by atoms with E-state index in [1.807, 2.05) is 6.92 Å². The van der Waals surface area contributed by atoms with E-state index in [0.717, 1.165) is 32.1 Å². The highest BCUT2D eigenvalue weighted by Crippen LogP contribution is 2.20. The molecule has 1 aliphatic carbocycles. The van der Waals surface area contributed by atoms with E-state index in [9.17, 15) is 5.11 Å². The molecule has 78 valence electrons. The molecule has 1 unspecified atom stereocenters. The number of hydrogen-bond donors (Lipinski definition) is 3. The van der Waals surface area contributed by atoms with Crippen LogP contribution in [0.3, 0.4) is 0 Å². The van der Waals surface area contributed by atoms with Crippen molar-refractivity contribution in [2.24, 2.45) is 5.90 Å². The summed E-state index contributed by atoms with van der Waals surface area (Å²) in [6.45, 7) is 1.96. The van der Waals surface area contributed by atoms with Gasteiger partial charge in [0.2, 0.25) is 0 Å². The summed E-state index contributed by atoms with van der Waals surface area (Å²) in [6.07, 6.45) is 4.68. The third-order valence-corrected chi connectivity index (χ3v) is 2.68. The monoisotopic (exact) mass is 188 g/mol. The largest absolute Gasteiger partial charge is 0.379 e. The summed E-state index contributed by atoms with van der Waals surface area (Å²) < 4.78 is 0. The van der Waals surface area contributed by atoms with Gasteiger partial charge in [0.1, 0.15) is 6.23 Å². The molecular weight excluding hydrogens is 168 g/mol. The topological polar surface area (TPSA) is 67.5 Å². The predicted octanol–water partition coefficient (Wildman–Crippen LogP) is 0.506. The maximum atomic E-state index is 9.37. The summed E-state index contributed by atoms with van der Waals surface area (Å²) in [7, 11) is 0. The van der Waals surface area contributed by atoms with Crippen LogP contribution in [-0.4, -0.2) is 23.5 Å². The molecule has 0 saturated heterocycles. The molecule has 0 amide bonds. The van der Waals surface area contributed by atoms with Crippen LogP contribution in [0.15, 0.2) is 0 Å². The highest BCUT2D eigenvalue weighted by molar-refractivity contribution is 4.77. The first-order valence-corrected chi connectivity index (χ1v) is 5.06. The second kappa shape index (κ2) is 5.54. The minimum atomic E-state index is -0.361. The van der Waals surface area contributed by atoms with Gasteiger partial charge in [-0.15, -0.1) is 0 Å². The lowest BCUT2D eigenvalue weighted by Crippen LogP contribution is -2.41. The van der Waals surface area contributed by atoms with Crippen LogP contribution in [0, 0.1) is 0 Å². The fourth-order valence-corrected chi connectivity index (χ4v) is 1.76. The smallest absolute Gasteiger partial charge is 0.104 e. The van der Waals surface area contributed by atoms with Gasteiger partial charge in [-0.1, -0.05) is 6.92 Å². The van der Waals surface area contributed by atoms with E-state index in [2.05, 4.69) is 5.32 Å². The Bertz CT molecular complexity index is 136. The van der Waals surface area contributed by atoms with E-state index >= 15 is 0 Å². The Hall–Kier alpha value is -0.160. The highest BCUT2D eigenvalue weighted by Gasteiger charge is 2.21. The van der Waals surface area contributed by atoms with Crippen LogP contribution in [0.4, 0.5) is 0 Å². The fourth-order valence-electron chi connectivity index (χ4n) is 1.76. The zero-order valence-electron chi connectivity index (χ0n) is 8.20. The lowest BCUT2D eigenvalue weighted by atomic mass is 9.93. The summed E-state index contributed by atoms with van der Waals surface area (Å²) in [6, 6.07) is 0.432. The van der Waals surface area contributed by atoms with Gasteiger partial charge in [-0.3, -0.25) is 5.32 Å². The zero-order valence-corrected chi connectivity index (χ0v) is 8.20. The summed E-state index contributed by atoms with van der Waals surface area (Å²) in [5.41, 5.74) is 0. The van der Waals surface area contributed by atoms with Gasteiger partial charge < -0.3 is 9.94 Å². The van der Waals surface area contributed by atoms with Crippen molar-refractivity contribution >= 4 is 0 Å². The van der Waals surface area contributed by atoms with Crippen LogP contribution in [0.2, 0.25) is 0 Å². The molecule has 1 fully saturated rings. The summed E-state index contributed by atoms with van der Waals surface area (Å²) in [4.78, 5) is 4.78. The third-order valence-electron chi connectivity index (χ3n) is 2.68. The minimum absolute atomic E-state index is 0.219. The molecule has 0 bridgehead atoms. The van der Waals surface area contributed by atoms with Gasteiger partial charge in [0.25, 0.3) is 0 Å². The molecular formula is C9H20N2O2. The van der Waals surface area contributed by atoms with Crippen LogP contribution in [-0.2, 0) is 4.84 Å². The Morgan fingerprint density at radius 3 is 2.54 bits per heavy atom. The van der Waals surface area contributed by atoms with Gasteiger partial charge in [0, 0.05) is 6.04 Å². The first kappa shape index (κ1) is 10.9. The average Bonchev–Trinajstić information content (AvgIpc) is 2.19. The molecule has 0 aromatic rings. The van der Waals surface area contributed by atoms with Crippen LogP contribution in [0.5, 0.6) is 0 Å². The lowest BCUT2D eigenvalue weighted by Gasteiger charge is -2.29. The average molecular weight is 188 g/mol. The molecule has 1 saturated carbocycles. The molecule has 0 aliphatic heterocycles. The van der Waals surface area contributed by atoms with Crippen molar-refractivity contribution < 1.29 is 9.94 Å². The molecule has 1 aliphatic rings. The molecule has 0 radical (unpaired) electrons. The Morgan fingerprint density at radius 2 is 2.08 bits per heavy atom. The van der Waals surface area contributed by atoms with Crippen molar-refractivity contribution in [2.75, 3.05) is 0 Å². The van der Waals surface area contributed by atoms with Crippen molar-refractivity contribution in [3.8, 4) is 0 Å². The zero-order chi connectivity index (χ0) is 9.68. The van der Waals surface area contributed by atoms with Crippen LogP contribution in [0.25, 0.3) is 0 Å². The van der Waals surface area contributed by atoms with Gasteiger partial charge in [-0.05, 0) is 32.1 Å². The van der Waals surface area contributed by atoms with E-state index in [4.69, 9.17) is 10.7 Å². The van der Waals surface area contributed by atoms with Gasteiger partial charge in [-0.2, -0.15) is 0 Å². The molecule has 4 N–H and O–H groups in total. The second-order valence-corrected chi connectivity index (χ2v) is 3.70. The molecule has 0 aromatic carbocycles. The molecule has 0 spiro atoms. The maximum absolute atomic E-state index is 9.37. The van der Waals surface area contributed by atoms with E-state index in [-0.39, 0.29) is 12.3 Å². The number of rotatable bonds is 4. The quantitative estimate of drug-likeness (QED) is 0.444. The van der Waals surface area contributed by atoms with Gasteiger partial charge >= 0.3 is 0 Å². The molecule has 0 heterocycles. The number of hydrogen-bond acceptors (Lipinski definition) is 4. The predicted molar refractivity (Wildman–Crippen MR) is 50.7 cm³/mol. The SMILES string of the molecule is CCC(O)NC1CCC(ON)CC1. The second-order valence-electron chi connectivity index (χ2n) is 3.70. The third kappa shape index (κ3) is 3.60. The van der Waals surface area contributed by atoms with Crippen LogP contribution < -0.4 is 11.2 Å².